The van der Waals surface area contributed by atoms with Gasteiger partial charge in [0.1, 0.15) is 0 Å². The van der Waals surface area contributed by atoms with E-state index in [4.69, 9.17) is 0 Å². The van der Waals surface area contributed by atoms with Gasteiger partial charge in [-0.2, -0.15) is 0 Å². The maximum absolute atomic E-state index is 12.6. The summed E-state index contributed by atoms with van der Waals surface area (Å²) in [5.41, 5.74) is 5.20. The van der Waals surface area contributed by atoms with Gasteiger partial charge < -0.3 is 15.2 Å². The highest BCUT2D eigenvalue weighted by Gasteiger charge is 2.22. The molecule has 1 unspecified atom stereocenters. The minimum Gasteiger partial charge on any atom is -0.358 e. The van der Waals surface area contributed by atoms with Gasteiger partial charge in [-0.05, 0) is 75.7 Å². The second-order valence-electron chi connectivity index (χ2n) is 7.25. The van der Waals surface area contributed by atoms with Gasteiger partial charge in [0.2, 0.25) is 0 Å². The Morgan fingerprint density at radius 3 is 2.96 bits per heavy atom. The third kappa shape index (κ3) is 3.22. The lowest BCUT2D eigenvalue weighted by Gasteiger charge is -2.22. The van der Waals surface area contributed by atoms with Crippen molar-refractivity contribution in [3.05, 3.63) is 59.5 Å². The monoisotopic (exact) mass is 348 g/mol. The molecular formula is C21H24N4O. The van der Waals surface area contributed by atoms with Crippen LogP contribution in [-0.2, 0) is 12.8 Å². The summed E-state index contributed by atoms with van der Waals surface area (Å²) in [5, 5.41) is 4.09. The van der Waals surface area contributed by atoms with Crippen molar-refractivity contribution in [3.63, 3.8) is 0 Å². The maximum atomic E-state index is 12.6. The molecule has 2 heterocycles. The number of benzene rings is 1. The minimum atomic E-state index is -0.104. The number of amides is 1. The van der Waals surface area contributed by atoms with E-state index in [9.17, 15) is 4.79 Å². The number of aromatic nitrogens is 2. The fourth-order valence-electron chi connectivity index (χ4n) is 3.82. The summed E-state index contributed by atoms with van der Waals surface area (Å²) in [7, 11) is 4.30. The van der Waals surface area contributed by atoms with Crippen LogP contribution in [0.2, 0.25) is 0 Å². The van der Waals surface area contributed by atoms with Crippen LogP contribution in [0.25, 0.3) is 10.9 Å². The van der Waals surface area contributed by atoms with Crippen molar-refractivity contribution in [3.8, 4) is 0 Å². The second-order valence-corrected chi connectivity index (χ2v) is 7.25. The number of carbonyl (C=O) groups is 1. The highest BCUT2D eigenvalue weighted by molar-refractivity contribution is 6.06. The van der Waals surface area contributed by atoms with Crippen molar-refractivity contribution in [2.45, 2.75) is 31.7 Å². The number of aryl methyl sites for hydroxylation is 1. The number of carbonyl (C=O) groups excluding carboxylic acids is 1. The summed E-state index contributed by atoms with van der Waals surface area (Å²) >= 11 is 0. The summed E-state index contributed by atoms with van der Waals surface area (Å²) < 4.78 is 0. The number of nitrogens with zero attached hydrogens (tertiary/aromatic N) is 2. The summed E-state index contributed by atoms with van der Waals surface area (Å²) in [6, 6.07) is 10.1. The first-order valence-electron chi connectivity index (χ1n) is 9.13. The Kier molecular flexibility index (Phi) is 4.47. The number of H-pyrrole nitrogens is 1. The fraction of sp³-hybridized carbons (Fsp3) is 0.333. The number of hydrogen-bond donors (Lipinski definition) is 2. The van der Waals surface area contributed by atoms with Crippen molar-refractivity contribution in [2.75, 3.05) is 19.4 Å². The topological polar surface area (TPSA) is 61.0 Å². The van der Waals surface area contributed by atoms with E-state index in [-0.39, 0.29) is 5.91 Å². The number of aromatic amines is 1. The molecule has 2 N–H and O–H groups in total. The predicted molar refractivity (Wildman–Crippen MR) is 105 cm³/mol. The SMILES string of the molecule is CN(C)C1CCCc2[nH]c3ccc(C(=O)Nc4cccnc4)cc3c2C1. The molecule has 0 spiro atoms. The normalized spacial score (nSPS) is 17.1. The molecule has 5 heteroatoms. The Morgan fingerprint density at radius 2 is 2.19 bits per heavy atom. The summed E-state index contributed by atoms with van der Waals surface area (Å²) in [4.78, 5) is 22.6. The van der Waals surface area contributed by atoms with Crippen LogP contribution in [0.1, 0.15) is 34.5 Å². The first kappa shape index (κ1) is 16.8. The van der Waals surface area contributed by atoms with Gasteiger partial charge in [0, 0.05) is 34.4 Å². The third-order valence-electron chi connectivity index (χ3n) is 5.31. The van der Waals surface area contributed by atoms with E-state index in [0.717, 1.165) is 18.4 Å². The average Bonchev–Trinajstić information content (AvgIpc) is 2.83. The van der Waals surface area contributed by atoms with E-state index in [1.807, 2.05) is 30.3 Å². The van der Waals surface area contributed by atoms with Gasteiger partial charge in [-0.25, -0.2) is 0 Å². The largest absolute Gasteiger partial charge is 0.358 e. The van der Waals surface area contributed by atoms with E-state index < -0.39 is 0 Å². The van der Waals surface area contributed by atoms with Crippen LogP contribution >= 0.6 is 0 Å². The summed E-state index contributed by atoms with van der Waals surface area (Å²) in [5.74, 6) is -0.104. The number of likely N-dealkylation sites (N-methyl/N-ethyl adjacent to an activating group) is 1. The van der Waals surface area contributed by atoms with Crippen molar-refractivity contribution in [1.82, 2.24) is 14.9 Å². The highest BCUT2D eigenvalue weighted by atomic mass is 16.1. The van der Waals surface area contributed by atoms with Crippen LogP contribution in [0.4, 0.5) is 5.69 Å². The standard InChI is InChI=1S/C21H24N4O/c1-25(2)16-6-3-7-19-18(12-16)17-11-14(8-9-20(17)24-19)21(26)23-15-5-4-10-22-13-15/h4-5,8-11,13,16,24H,3,6-7,12H2,1-2H3,(H,23,26). The predicted octanol–water partition coefficient (Wildman–Crippen LogP) is 3.62. The molecule has 0 aliphatic heterocycles. The molecule has 1 aromatic carbocycles. The molecular weight excluding hydrogens is 324 g/mol. The van der Waals surface area contributed by atoms with Crippen molar-refractivity contribution < 1.29 is 4.79 Å². The Bertz CT molecular complexity index is 930. The van der Waals surface area contributed by atoms with E-state index in [2.05, 4.69) is 34.3 Å². The number of nitrogens with one attached hydrogen (secondary N) is 2. The molecule has 1 atom stereocenters. The number of rotatable bonds is 3. The molecule has 1 aliphatic rings. The van der Waals surface area contributed by atoms with E-state index in [0.29, 0.717) is 17.3 Å². The van der Waals surface area contributed by atoms with Crippen molar-refractivity contribution >= 4 is 22.5 Å². The van der Waals surface area contributed by atoms with Crippen LogP contribution in [0.3, 0.4) is 0 Å². The molecule has 2 aromatic heterocycles. The molecule has 1 aliphatic carbocycles. The van der Waals surface area contributed by atoms with E-state index in [1.54, 1.807) is 12.4 Å². The lowest BCUT2D eigenvalue weighted by molar-refractivity contribution is 0.102. The Morgan fingerprint density at radius 1 is 1.31 bits per heavy atom. The first-order valence-corrected chi connectivity index (χ1v) is 9.13. The quantitative estimate of drug-likeness (QED) is 0.711. The number of fused-ring (bicyclic) bond motifs is 3. The third-order valence-corrected chi connectivity index (χ3v) is 5.31. The Hall–Kier alpha value is -2.66. The molecule has 0 fully saturated rings. The number of hydrogen-bond acceptors (Lipinski definition) is 3. The van der Waals surface area contributed by atoms with Gasteiger partial charge in [-0.15, -0.1) is 0 Å². The Labute approximate surface area is 153 Å². The minimum absolute atomic E-state index is 0.104. The van der Waals surface area contributed by atoms with Crippen LogP contribution < -0.4 is 5.32 Å². The van der Waals surface area contributed by atoms with Gasteiger partial charge in [0.25, 0.3) is 5.91 Å². The second kappa shape index (κ2) is 6.92. The molecule has 4 rings (SSSR count). The van der Waals surface area contributed by atoms with Gasteiger partial charge in [-0.3, -0.25) is 9.78 Å². The fourth-order valence-corrected chi connectivity index (χ4v) is 3.82. The van der Waals surface area contributed by atoms with Gasteiger partial charge >= 0.3 is 0 Å². The van der Waals surface area contributed by atoms with Gasteiger partial charge in [-0.1, -0.05) is 0 Å². The summed E-state index contributed by atoms with van der Waals surface area (Å²) in [6.07, 6.45) is 7.84. The maximum Gasteiger partial charge on any atom is 0.255 e. The molecule has 0 saturated heterocycles. The smallest absolute Gasteiger partial charge is 0.255 e. The highest BCUT2D eigenvalue weighted by Crippen LogP contribution is 2.30. The van der Waals surface area contributed by atoms with Crippen LogP contribution in [-0.4, -0.2) is 40.9 Å². The van der Waals surface area contributed by atoms with Crippen LogP contribution in [0.5, 0.6) is 0 Å². The molecule has 0 bridgehead atoms. The molecule has 134 valence electrons. The van der Waals surface area contributed by atoms with E-state index >= 15 is 0 Å². The molecule has 5 nitrogen and oxygen atoms in total. The van der Waals surface area contributed by atoms with Gasteiger partial charge in [0.05, 0.1) is 11.9 Å². The van der Waals surface area contributed by atoms with Crippen LogP contribution in [0, 0.1) is 0 Å². The zero-order valence-electron chi connectivity index (χ0n) is 15.2. The zero-order valence-corrected chi connectivity index (χ0v) is 15.2. The van der Waals surface area contributed by atoms with Crippen LogP contribution in [0.15, 0.2) is 42.7 Å². The molecule has 0 saturated carbocycles. The zero-order chi connectivity index (χ0) is 18.1. The molecule has 0 radical (unpaired) electrons. The summed E-state index contributed by atoms with van der Waals surface area (Å²) in [6.45, 7) is 0. The number of anilines is 1. The average molecular weight is 348 g/mol. The lowest BCUT2D eigenvalue weighted by Crippen LogP contribution is -2.29. The van der Waals surface area contributed by atoms with Crippen molar-refractivity contribution in [1.29, 1.82) is 0 Å². The number of pyridine rings is 1. The van der Waals surface area contributed by atoms with Crippen molar-refractivity contribution in [2.24, 2.45) is 0 Å². The first-order chi connectivity index (χ1) is 12.6. The molecule has 3 aromatic rings. The molecule has 26 heavy (non-hydrogen) atoms. The Balaban J connectivity index is 1.67. The molecule has 1 amide bonds. The van der Waals surface area contributed by atoms with Gasteiger partial charge in [0.15, 0.2) is 0 Å². The lowest BCUT2D eigenvalue weighted by atomic mass is 10.0. The van der Waals surface area contributed by atoms with E-state index in [1.165, 1.54) is 29.5 Å².